The first-order valence-electron chi connectivity index (χ1n) is 4.31. The molecule has 82 valence electrons. The van der Waals surface area contributed by atoms with Crippen molar-refractivity contribution >= 4 is 28.1 Å². The third kappa shape index (κ3) is 2.76. The number of carbonyl (C=O) groups is 1. The zero-order chi connectivity index (χ0) is 11.4. The monoisotopic (exact) mass is 227 g/mol. The topological polar surface area (TPSA) is 78.1 Å². The summed E-state index contributed by atoms with van der Waals surface area (Å²) in [6, 6.07) is 0. The third-order valence-electron chi connectivity index (χ3n) is 1.60. The van der Waals surface area contributed by atoms with E-state index in [1.165, 1.54) is 6.20 Å². The molecule has 0 bridgehead atoms. The van der Waals surface area contributed by atoms with Crippen molar-refractivity contribution in [1.29, 1.82) is 0 Å². The number of hydrogen-bond acceptors (Lipinski definition) is 5. The Morgan fingerprint density at radius 2 is 2.40 bits per heavy atom. The third-order valence-corrected chi connectivity index (χ3v) is 2.42. The van der Waals surface area contributed by atoms with Crippen LogP contribution in [0.2, 0.25) is 0 Å². The Kier molecular flexibility index (Phi) is 3.79. The molecular weight excluding hydrogens is 214 g/mol. The molecule has 0 aromatic carbocycles. The van der Waals surface area contributed by atoms with Crippen LogP contribution in [0.25, 0.3) is 0 Å². The summed E-state index contributed by atoms with van der Waals surface area (Å²) in [6.45, 7) is 2.02. The van der Waals surface area contributed by atoms with Crippen molar-refractivity contribution < 1.29 is 9.53 Å². The normalized spacial score (nSPS) is 12.1. The van der Waals surface area contributed by atoms with Crippen LogP contribution in [0.15, 0.2) is 11.4 Å². The van der Waals surface area contributed by atoms with Gasteiger partial charge in [0, 0.05) is 6.20 Å². The average molecular weight is 227 g/mol. The van der Waals surface area contributed by atoms with Crippen molar-refractivity contribution in [2.75, 3.05) is 18.6 Å². The van der Waals surface area contributed by atoms with Crippen molar-refractivity contribution in [2.45, 2.75) is 12.1 Å². The van der Waals surface area contributed by atoms with Crippen LogP contribution in [0.1, 0.15) is 17.3 Å². The van der Waals surface area contributed by atoms with E-state index in [4.69, 9.17) is 10.5 Å². The molecule has 0 saturated carbocycles. The van der Waals surface area contributed by atoms with Gasteiger partial charge in [-0.2, -0.15) is 0 Å². The molecule has 0 amide bonds. The predicted octanol–water partition coefficient (Wildman–Crippen LogP) is 0.925. The van der Waals surface area contributed by atoms with E-state index in [9.17, 15) is 4.79 Å². The van der Waals surface area contributed by atoms with E-state index in [2.05, 4.69) is 15.8 Å². The molecule has 1 rings (SSSR count). The molecule has 0 aliphatic carbocycles. The smallest absolute Gasteiger partial charge is 0.343 e. The van der Waals surface area contributed by atoms with Crippen LogP contribution in [0.3, 0.4) is 0 Å². The van der Waals surface area contributed by atoms with Gasteiger partial charge in [0.1, 0.15) is 11.4 Å². The van der Waals surface area contributed by atoms with Gasteiger partial charge in [0.2, 0.25) is 0 Å². The second kappa shape index (κ2) is 4.88. The fourth-order valence-corrected chi connectivity index (χ4v) is 1.40. The highest BCUT2D eigenvalue weighted by molar-refractivity contribution is 8.13. The van der Waals surface area contributed by atoms with Crippen LogP contribution < -0.4 is 5.73 Å². The van der Waals surface area contributed by atoms with Gasteiger partial charge in [-0.3, -0.25) is 0 Å². The van der Waals surface area contributed by atoms with Gasteiger partial charge in [-0.25, -0.2) is 14.8 Å². The summed E-state index contributed by atoms with van der Waals surface area (Å²) < 4.78 is 4.80. The van der Waals surface area contributed by atoms with Gasteiger partial charge in [0.05, 0.1) is 6.61 Å². The SMILES string of the molecule is C=S(C)c1ncc(C(=O)OCC)c(N)n1. The van der Waals surface area contributed by atoms with Crippen molar-refractivity contribution in [3.05, 3.63) is 11.8 Å². The number of ether oxygens (including phenoxy) is 1. The number of nitrogen functional groups attached to an aromatic ring is 1. The van der Waals surface area contributed by atoms with Crippen molar-refractivity contribution in [2.24, 2.45) is 0 Å². The summed E-state index contributed by atoms with van der Waals surface area (Å²) in [6.07, 6.45) is 3.25. The van der Waals surface area contributed by atoms with E-state index in [0.29, 0.717) is 11.8 Å². The van der Waals surface area contributed by atoms with E-state index < -0.39 is 5.97 Å². The second-order valence-corrected chi connectivity index (χ2v) is 4.45. The fourth-order valence-electron chi connectivity index (χ4n) is 0.912. The summed E-state index contributed by atoms with van der Waals surface area (Å²) in [5.74, 6) is 3.43. The number of anilines is 1. The number of rotatable bonds is 3. The highest BCUT2D eigenvalue weighted by Crippen LogP contribution is 2.18. The van der Waals surface area contributed by atoms with Gasteiger partial charge < -0.3 is 10.5 Å². The Labute approximate surface area is 90.6 Å². The lowest BCUT2D eigenvalue weighted by Gasteiger charge is -2.05. The number of esters is 1. The standard InChI is InChI=1S/C9H13N3O2S/c1-4-14-8(13)6-5-11-9(15(2)3)12-7(6)10/h5H,2,4H2,1,3H3,(H2,10,11,12). The first kappa shape index (κ1) is 11.6. The number of nitrogens with zero attached hydrogens (tertiary/aromatic N) is 2. The predicted molar refractivity (Wildman–Crippen MR) is 61.3 cm³/mol. The Morgan fingerprint density at radius 3 is 2.87 bits per heavy atom. The molecule has 0 aliphatic rings. The largest absolute Gasteiger partial charge is 0.462 e. The summed E-state index contributed by atoms with van der Waals surface area (Å²) in [5.41, 5.74) is 5.82. The molecule has 1 aromatic rings. The Morgan fingerprint density at radius 1 is 1.73 bits per heavy atom. The highest BCUT2D eigenvalue weighted by atomic mass is 32.2. The minimum atomic E-state index is -0.499. The molecule has 1 aromatic heterocycles. The molecular formula is C9H13N3O2S. The minimum absolute atomic E-state index is 0.140. The van der Waals surface area contributed by atoms with Gasteiger partial charge >= 0.3 is 5.97 Å². The lowest BCUT2D eigenvalue weighted by molar-refractivity contribution is 0.0526. The van der Waals surface area contributed by atoms with Crippen LogP contribution in [-0.2, 0) is 4.74 Å². The van der Waals surface area contributed by atoms with Gasteiger partial charge in [-0.1, -0.05) is 5.87 Å². The molecule has 5 nitrogen and oxygen atoms in total. The van der Waals surface area contributed by atoms with Gasteiger partial charge in [0.15, 0.2) is 5.16 Å². The van der Waals surface area contributed by atoms with Crippen LogP contribution in [0, 0.1) is 0 Å². The molecule has 0 aliphatic heterocycles. The van der Waals surface area contributed by atoms with Crippen LogP contribution in [0.4, 0.5) is 5.82 Å². The summed E-state index contributed by atoms with van der Waals surface area (Å²) in [4.78, 5) is 19.3. The lowest BCUT2D eigenvalue weighted by Crippen LogP contribution is -2.10. The van der Waals surface area contributed by atoms with Crippen molar-refractivity contribution in [3.8, 4) is 0 Å². The van der Waals surface area contributed by atoms with Crippen LogP contribution in [-0.4, -0.2) is 34.7 Å². The molecule has 6 heteroatoms. The fraction of sp³-hybridized carbons (Fsp3) is 0.333. The molecule has 1 unspecified atom stereocenters. The van der Waals surface area contributed by atoms with Crippen LogP contribution in [0.5, 0.6) is 0 Å². The zero-order valence-corrected chi connectivity index (χ0v) is 9.50. The molecule has 0 fully saturated rings. The highest BCUT2D eigenvalue weighted by Gasteiger charge is 2.13. The molecule has 0 spiro atoms. The van der Waals surface area contributed by atoms with E-state index in [-0.39, 0.29) is 21.9 Å². The summed E-state index contributed by atoms with van der Waals surface area (Å²) >= 11 is 0. The second-order valence-electron chi connectivity index (χ2n) is 2.81. The average Bonchev–Trinajstić information content (AvgIpc) is 2.17. The van der Waals surface area contributed by atoms with Gasteiger partial charge in [-0.15, -0.1) is 10.5 Å². The van der Waals surface area contributed by atoms with E-state index in [1.807, 2.05) is 6.26 Å². The van der Waals surface area contributed by atoms with E-state index >= 15 is 0 Å². The number of nitrogens with two attached hydrogens (primary N) is 1. The van der Waals surface area contributed by atoms with Gasteiger partial charge in [-0.05, 0) is 13.2 Å². The molecule has 1 atom stereocenters. The van der Waals surface area contributed by atoms with Crippen LogP contribution >= 0.6 is 10.5 Å². The maximum absolute atomic E-state index is 11.4. The maximum Gasteiger partial charge on any atom is 0.343 e. The lowest BCUT2D eigenvalue weighted by atomic mass is 10.3. The molecule has 0 radical (unpaired) electrons. The van der Waals surface area contributed by atoms with Crippen molar-refractivity contribution in [3.63, 3.8) is 0 Å². The van der Waals surface area contributed by atoms with Gasteiger partial charge in [0.25, 0.3) is 0 Å². The quantitative estimate of drug-likeness (QED) is 0.472. The molecule has 0 saturated heterocycles. The Bertz CT molecular complexity index is 406. The minimum Gasteiger partial charge on any atom is -0.462 e. The van der Waals surface area contributed by atoms with E-state index in [1.54, 1.807) is 6.92 Å². The van der Waals surface area contributed by atoms with E-state index in [0.717, 1.165) is 0 Å². The Hall–Kier alpha value is -1.43. The maximum atomic E-state index is 11.4. The molecule has 1 heterocycles. The first-order valence-corrected chi connectivity index (χ1v) is 6.11. The molecule has 15 heavy (non-hydrogen) atoms. The summed E-state index contributed by atoms with van der Waals surface area (Å²) in [7, 11) is -0.319. The zero-order valence-electron chi connectivity index (χ0n) is 8.69. The number of aromatic nitrogens is 2. The number of carbonyl (C=O) groups excluding carboxylic acids is 1. The van der Waals surface area contributed by atoms with Crippen molar-refractivity contribution in [1.82, 2.24) is 9.97 Å². The molecule has 2 N–H and O–H groups in total. The Balaban J connectivity index is 3.03. The summed E-state index contributed by atoms with van der Waals surface area (Å²) in [5, 5.41) is 0.542. The first-order chi connectivity index (χ1) is 7.06. The number of hydrogen-bond donors (Lipinski definition) is 1.